The highest BCUT2D eigenvalue weighted by Gasteiger charge is 2.44. The number of hydrogen-bond acceptors (Lipinski definition) is 5. The van der Waals surface area contributed by atoms with Gasteiger partial charge in [0.15, 0.2) is 0 Å². The average molecular weight is 600 g/mol. The summed E-state index contributed by atoms with van der Waals surface area (Å²) in [5.74, 6) is 2.79. The SMILES string of the molecule is CCCC(CC(C)=O)CC(Cn1ccnc1C)(c1cccc(Cl)c1)C1CCN(CC2CN(c3ccc(C#N)cc3)C2)CC1. The van der Waals surface area contributed by atoms with Gasteiger partial charge in [0.1, 0.15) is 11.6 Å². The number of piperidine rings is 1. The van der Waals surface area contributed by atoms with E-state index in [1.54, 1.807) is 6.92 Å². The second kappa shape index (κ2) is 14.1. The fraction of sp³-hybridized carbons (Fsp3) is 0.528. The van der Waals surface area contributed by atoms with Gasteiger partial charge in [-0.05, 0) is 100.0 Å². The minimum absolute atomic E-state index is 0.138. The summed E-state index contributed by atoms with van der Waals surface area (Å²) in [7, 11) is 0. The number of halogens is 1. The third-order valence-corrected chi connectivity index (χ3v) is 10.1. The number of aryl methyl sites for hydroxylation is 1. The summed E-state index contributed by atoms with van der Waals surface area (Å²) >= 11 is 6.66. The lowest BCUT2D eigenvalue weighted by Crippen LogP contribution is -2.53. The number of likely N-dealkylation sites (tertiary alicyclic amines) is 1. The van der Waals surface area contributed by atoms with Gasteiger partial charge in [-0.25, -0.2) is 4.98 Å². The average Bonchev–Trinajstić information content (AvgIpc) is 3.38. The lowest BCUT2D eigenvalue weighted by atomic mass is 9.61. The topological polar surface area (TPSA) is 65.2 Å². The standard InChI is InChI=1S/C36H46ClN5O/c1-4-6-30(19-27(2)43)21-36(26-41-18-15-39-28(41)3,33-7-5-8-34(37)20-33)32-13-16-40(17-14-32)23-31-24-42(25-31)35-11-9-29(22-38)10-12-35/h5,7-12,15,18,20,30-32H,4,6,13-14,16-17,19,21,23-26H2,1-3H3. The first-order valence-corrected chi connectivity index (χ1v) is 16.4. The number of nitriles is 1. The summed E-state index contributed by atoms with van der Waals surface area (Å²) in [5.41, 5.74) is 3.08. The van der Waals surface area contributed by atoms with E-state index in [9.17, 15) is 4.79 Å². The minimum atomic E-state index is -0.138. The highest BCUT2D eigenvalue weighted by atomic mass is 35.5. The molecule has 3 aromatic rings. The van der Waals surface area contributed by atoms with Crippen LogP contribution in [0.3, 0.4) is 0 Å². The molecule has 2 aliphatic rings. The Morgan fingerprint density at radius 1 is 1.16 bits per heavy atom. The summed E-state index contributed by atoms with van der Waals surface area (Å²) in [6, 6.07) is 18.7. The maximum atomic E-state index is 12.4. The zero-order chi connectivity index (χ0) is 30.4. The third kappa shape index (κ3) is 7.51. The van der Waals surface area contributed by atoms with Gasteiger partial charge in [-0.15, -0.1) is 0 Å². The van der Waals surface area contributed by atoms with E-state index in [0.29, 0.717) is 29.7 Å². The predicted octanol–water partition coefficient (Wildman–Crippen LogP) is 7.29. The first-order valence-electron chi connectivity index (χ1n) is 16.0. The molecule has 7 heteroatoms. The number of hydrogen-bond donors (Lipinski definition) is 0. The maximum Gasteiger partial charge on any atom is 0.130 e. The number of carbonyl (C=O) groups is 1. The molecular weight excluding hydrogens is 554 g/mol. The molecule has 0 bridgehead atoms. The fourth-order valence-electron chi connectivity index (χ4n) is 7.76. The molecule has 2 atom stereocenters. The van der Waals surface area contributed by atoms with Gasteiger partial charge in [-0.2, -0.15) is 5.26 Å². The monoisotopic (exact) mass is 599 g/mol. The Morgan fingerprint density at radius 3 is 2.51 bits per heavy atom. The van der Waals surface area contributed by atoms with Crippen molar-refractivity contribution in [2.45, 2.75) is 71.3 Å². The van der Waals surface area contributed by atoms with Crippen LogP contribution in [0.1, 0.15) is 69.3 Å². The lowest BCUT2D eigenvalue weighted by Gasteiger charge is -2.49. The largest absolute Gasteiger partial charge is 0.371 e. The third-order valence-electron chi connectivity index (χ3n) is 9.91. The van der Waals surface area contributed by atoms with Crippen molar-refractivity contribution in [1.29, 1.82) is 5.26 Å². The first kappa shape index (κ1) is 31.3. The quantitative estimate of drug-likeness (QED) is 0.206. The predicted molar refractivity (Wildman–Crippen MR) is 174 cm³/mol. The summed E-state index contributed by atoms with van der Waals surface area (Å²) in [6.07, 6.45) is 10.0. The molecule has 0 aliphatic carbocycles. The van der Waals surface area contributed by atoms with Crippen LogP contribution in [0.25, 0.3) is 0 Å². The van der Waals surface area contributed by atoms with Gasteiger partial charge in [0, 0.05) is 67.0 Å². The Kier molecular flexibility index (Phi) is 10.3. The second-order valence-electron chi connectivity index (χ2n) is 13.0. The molecule has 2 unspecified atom stereocenters. The summed E-state index contributed by atoms with van der Waals surface area (Å²) in [6.45, 7) is 12.4. The molecule has 0 N–H and O–H groups in total. The van der Waals surface area contributed by atoms with Gasteiger partial charge >= 0.3 is 0 Å². The molecule has 3 heterocycles. The van der Waals surface area contributed by atoms with Crippen LogP contribution in [0, 0.1) is 36.0 Å². The van der Waals surface area contributed by atoms with Crippen molar-refractivity contribution in [3.63, 3.8) is 0 Å². The molecule has 2 aliphatic heterocycles. The maximum absolute atomic E-state index is 12.4. The van der Waals surface area contributed by atoms with E-state index >= 15 is 0 Å². The van der Waals surface area contributed by atoms with Crippen LogP contribution < -0.4 is 4.90 Å². The van der Waals surface area contributed by atoms with E-state index in [2.05, 4.69) is 75.8 Å². The van der Waals surface area contributed by atoms with Crippen LogP contribution in [0.15, 0.2) is 60.9 Å². The lowest BCUT2D eigenvalue weighted by molar-refractivity contribution is -0.118. The molecule has 2 fully saturated rings. The van der Waals surface area contributed by atoms with E-state index in [0.717, 1.165) is 82.2 Å². The van der Waals surface area contributed by atoms with Crippen molar-refractivity contribution in [2.75, 3.05) is 37.6 Å². The van der Waals surface area contributed by atoms with Gasteiger partial charge in [-0.1, -0.05) is 43.5 Å². The molecule has 2 saturated heterocycles. The van der Waals surface area contributed by atoms with Gasteiger partial charge in [-0.3, -0.25) is 0 Å². The molecule has 0 amide bonds. The van der Waals surface area contributed by atoms with Crippen molar-refractivity contribution >= 4 is 23.1 Å². The number of rotatable bonds is 13. The van der Waals surface area contributed by atoms with Crippen LogP contribution in [0.2, 0.25) is 5.02 Å². The van der Waals surface area contributed by atoms with Crippen LogP contribution in [-0.4, -0.2) is 53.0 Å². The number of imidazole rings is 1. The summed E-state index contributed by atoms with van der Waals surface area (Å²) in [5, 5.41) is 9.87. The molecule has 228 valence electrons. The number of benzene rings is 2. The van der Waals surface area contributed by atoms with Crippen LogP contribution >= 0.6 is 11.6 Å². The summed E-state index contributed by atoms with van der Waals surface area (Å²) in [4.78, 5) is 22.1. The molecule has 0 spiro atoms. The van der Waals surface area contributed by atoms with Crippen LogP contribution in [0.4, 0.5) is 5.69 Å². The number of Topliss-reactive ketones (excluding diaryl/α,β-unsaturated/α-hetero) is 1. The Bertz CT molecular complexity index is 1400. The zero-order valence-corrected chi connectivity index (χ0v) is 26.8. The Hall–Kier alpha value is -3.14. The molecule has 5 rings (SSSR count). The Morgan fingerprint density at radius 2 is 1.91 bits per heavy atom. The van der Waals surface area contributed by atoms with Crippen molar-refractivity contribution in [3.05, 3.63) is 82.9 Å². The Labute approximate surface area is 262 Å². The Balaban J connectivity index is 1.33. The van der Waals surface area contributed by atoms with E-state index in [4.69, 9.17) is 16.9 Å². The van der Waals surface area contributed by atoms with E-state index < -0.39 is 0 Å². The number of ketones is 1. The number of carbonyl (C=O) groups excluding carboxylic acids is 1. The molecule has 0 radical (unpaired) electrons. The normalized spacial score (nSPS) is 18.5. The van der Waals surface area contributed by atoms with Crippen molar-refractivity contribution in [2.24, 2.45) is 17.8 Å². The van der Waals surface area contributed by atoms with Gasteiger partial charge in [0.05, 0.1) is 11.6 Å². The second-order valence-corrected chi connectivity index (χ2v) is 13.5. The minimum Gasteiger partial charge on any atom is -0.371 e. The van der Waals surface area contributed by atoms with Gasteiger partial charge in [0.2, 0.25) is 0 Å². The van der Waals surface area contributed by atoms with Crippen molar-refractivity contribution in [1.82, 2.24) is 14.5 Å². The summed E-state index contributed by atoms with van der Waals surface area (Å²) < 4.78 is 2.32. The number of nitrogens with zero attached hydrogens (tertiary/aromatic N) is 5. The molecule has 2 aromatic carbocycles. The zero-order valence-electron chi connectivity index (χ0n) is 26.0. The smallest absolute Gasteiger partial charge is 0.130 e. The van der Waals surface area contributed by atoms with Crippen LogP contribution in [0.5, 0.6) is 0 Å². The van der Waals surface area contributed by atoms with Gasteiger partial charge < -0.3 is 19.2 Å². The van der Waals surface area contributed by atoms with Gasteiger partial charge in [0.25, 0.3) is 0 Å². The van der Waals surface area contributed by atoms with Crippen LogP contribution in [-0.2, 0) is 16.8 Å². The molecule has 43 heavy (non-hydrogen) atoms. The van der Waals surface area contributed by atoms with E-state index in [-0.39, 0.29) is 11.2 Å². The highest BCUT2D eigenvalue weighted by Crippen LogP contribution is 2.47. The molecule has 0 saturated carbocycles. The van der Waals surface area contributed by atoms with Crippen molar-refractivity contribution < 1.29 is 4.79 Å². The molecule has 1 aromatic heterocycles. The number of anilines is 1. The van der Waals surface area contributed by atoms with E-state index in [1.807, 2.05) is 24.4 Å². The molecular formula is C36H46ClN5O. The van der Waals surface area contributed by atoms with E-state index in [1.165, 1.54) is 11.3 Å². The fourth-order valence-corrected chi connectivity index (χ4v) is 7.95. The molecule has 6 nitrogen and oxygen atoms in total. The number of aromatic nitrogens is 2. The highest BCUT2D eigenvalue weighted by molar-refractivity contribution is 6.30. The first-order chi connectivity index (χ1) is 20.8. The van der Waals surface area contributed by atoms with Crippen molar-refractivity contribution in [3.8, 4) is 6.07 Å².